The smallest absolute Gasteiger partial charge is 0.302 e. The number of ether oxygens (including phenoxy) is 4. The Hall–Kier alpha value is -3.84. The van der Waals surface area contributed by atoms with Gasteiger partial charge in [0.1, 0.15) is 31.0 Å². The third-order valence-corrected chi connectivity index (χ3v) is 5.36. The second-order valence-electron chi connectivity index (χ2n) is 7.87. The first kappa shape index (κ1) is 26.8. The molecule has 6 N–H and O–H groups in total. The third kappa shape index (κ3) is 5.86. The maximum atomic E-state index is 12.7. The van der Waals surface area contributed by atoms with Crippen molar-refractivity contribution in [1.29, 1.82) is 0 Å². The monoisotopic (exact) mass is 506 g/mol. The molecular weight excluding hydrogens is 480 g/mol. The Morgan fingerprint density at radius 1 is 1.00 bits per heavy atom. The molecule has 1 heterocycles. The molecule has 0 saturated carbocycles. The molecule has 0 aliphatic carbocycles. The molecule has 5 unspecified atom stereocenters. The number of allylic oxidation sites excluding steroid dienone is 1. The average molecular weight is 506 g/mol. The summed E-state index contributed by atoms with van der Waals surface area (Å²) < 4.78 is 20.5. The molecule has 12 heteroatoms. The largest absolute Gasteiger partial charge is 0.504 e. The molecule has 1 saturated heterocycles. The minimum Gasteiger partial charge on any atom is -0.504 e. The average Bonchev–Trinajstić information content (AvgIpc) is 2.84. The lowest BCUT2D eigenvalue weighted by atomic mass is 9.99. The number of phenols is 3. The van der Waals surface area contributed by atoms with Gasteiger partial charge in [0.25, 0.3) is 0 Å². The number of aliphatic hydroxyl groups excluding tert-OH is 3. The number of aliphatic hydroxyl groups is 3. The fourth-order valence-corrected chi connectivity index (χ4v) is 3.42. The number of aromatic hydroxyl groups is 3. The molecule has 2 aromatic rings. The highest BCUT2D eigenvalue weighted by atomic mass is 16.7. The van der Waals surface area contributed by atoms with Crippen LogP contribution in [0.2, 0.25) is 0 Å². The summed E-state index contributed by atoms with van der Waals surface area (Å²) in [6.07, 6.45) is -5.76. The first-order chi connectivity index (χ1) is 17.0. The zero-order valence-electron chi connectivity index (χ0n) is 19.3. The molecular formula is C24H26O12. The quantitative estimate of drug-likeness (QED) is 0.165. The van der Waals surface area contributed by atoms with Gasteiger partial charge in [-0.25, -0.2) is 0 Å². The van der Waals surface area contributed by atoms with Crippen LogP contribution in [-0.4, -0.2) is 86.8 Å². The molecule has 12 nitrogen and oxygen atoms in total. The van der Waals surface area contributed by atoms with Crippen molar-refractivity contribution in [2.75, 3.05) is 13.7 Å². The minimum atomic E-state index is -1.82. The van der Waals surface area contributed by atoms with Crippen molar-refractivity contribution in [3.05, 3.63) is 47.5 Å². The number of methoxy groups -OCH3 is 1. The third-order valence-electron chi connectivity index (χ3n) is 5.36. The summed E-state index contributed by atoms with van der Waals surface area (Å²) in [6, 6.07) is 6.64. The molecule has 0 bridgehead atoms. The number of carbonyl (C=O) groups is 2. The summed E-state index contributed by atoms with van der Waals surface area (Å²) >= 11 is 0. The number of rotatable bonds is 8. The lowest BCUT2D eigenvalue weighted by Gasteiger charge is -2.39. The lowest BCUT2D eigenvalue weighted by molar-refractivity contribution is -0.278. The van der Waals surface area contributed by atoms with E-state index in [4.69, 9.17) is 18.9 Å². The molecule has 2 aromatic carbocycles. The number of hydrogen-bond acceptors (Lipinski definition) is 12. The van der Waals surface area contributed by atoms with E-state index in [0.29, 0.717) is 5.56 Å². The first-order valence-electron chi connectivity index (χ1n) is 10.7. The second kappa shape index (κ2) is 11.3. The molecule has 194 valence electrons. The molecule has 1 fully saturated rings. The first-order valence-corrected chi connectivity index (χ1v) is 10.7. The van der Waals surface area contributed by atoms with E-state index in [1.807, 2.05) is 0 Å². The number of carbonyl (C=O) groups excluding carboxylic acids is 2. The SMILES string of the molecule is COc1ccc(C=CC(=O)c2ccc(O)c(OC3OC(COC(C)=O)C(O)C(O)C3O)c2O)cc1O. The Bertz CT molecular complexity index is 1140. The maximum absolute atomic E-state index is 12.7. The normalized spacial score (nSPS) is 23.9. The van der Waals surface area contributed by atoms with Crippen LogP contribution < -0.4 is 9.47 Å². The van der Waals surface area contributed by atoms with E-state index in [-0.39, 0.29) is 17.1 Å². The Morgan fingerprint density at radius 3 is 2.36 bits per heavy atom. The zero-order chi connectivity index (χ0) is 26.6. The second-order valence-corrected chi connectivity index (χ2v) is 7.87. The van der Waals surface area contributed by atoms with E-state index >= 15 is 0 Å². The van der Waals surface area contributed by atoms with Gasteiger partial charge in [0.15, 0.2) is 28.8 Å². The van der Waals surface area contributed by atoms with Crippen LogP contribution in [0.15, 0.2) is 36.4 Å². The molecule has 0 amide bonds. The molecule has 0 aromatic heterocycles. The molecule has 1 aliphatic rings. The van der Waals surface area contributed by atoms with Crippen molar-refractivity contribution in [3.8, 4) is 28.7 Å². The van der Waals surface area contributed by atoms with Gasteiger partial charge >= 0.3 is 5.97 Å². The lowest BCUT2D eigenvalue weighted by Crippen LogP contribution is -2.60. The zero-order valence-corrected chi connectivity index (χ0v) is 19.3. The van der Waals surface area contributed by atoms with Crippen LogP contribution in [0.1, 0.15) is 22.8 Å². The Balaban J connectivity index is 1.81. The van der Waals surface area contributed by atoms with Gasteiger partial charge in [0.2, 0.25) is 12.0 Å². The topological polar surface area (TPSA) is 192 Å². The van der Waals surface area contributed by atoms with Crippen molar-refractivity contribution in [2.24, 2.45) is 0 Å². The van der Waals surface area contributed by atoms with E-state index in [1.165, 1.54) is 25.3 Å². The van der Waals surface area contributed by atoms with Gasteiger partial charge < -0.3 is 49.6 Å². The summed E-state index contributed by atoms with van der Waals surface area (Å²) in [7, 11) is 1.39. The van der Waals surface area contributed by atoms with Gasteiger partial charge in [-0.1, -0.05) is 12.1 Å². The van der Waals surface area contributed by atoms with Crippen molar-refractivity contribution < 1.29 is 59.2 Å². The van der Waals surface area contributed by atoms with Gasteiger partial charge in [-0.2, -0.15) is 0 Å². The highest BCUT2D eigenvalue weighted by Gasteiger charge is 2.46. The van der Waals surface area contributed by atoms with Crippen LogP contribution in [-0.2, 0) is 14.3 Å². The summed E-state index contributed by atoms with van der Waals surface area (Å²) in [4.78, 5) is 23.8. The van der Waals surface area contributed by atoms with Gasteiger partial charge in [0, 0.05) is 6.92 Å². The van der Waals surface area contributed by atoms with Crippen LogP contribution >= 0.6 is 0 Å². The summed E-state index contributed by atoms with van der Waals surface area (Å²) in [5.74, 6) is -3.28. The standard InChI is InChI=1S/C24H26O12/c1-11(25)34-10-18-20(30)21(31)22(32)24(35-18)36-23-15(27)7-5-13(19(23)29)14(26)6-3-12-4-8-17(33-2)16(28)9-12/h3-9,18,20-22,24,27-32H,10H2,1-2H3. The molecule has 0 radical (unpaired) electrons. The Kier molecular flexibility index (Phi) is 8.37. The fraction of sp³-hybridized carbons (Fsp3) is 0.333. The molecule has 0 spiro atoms. The predicted molar refractivity (Wildman–Crippen MR) is 122 cm³/mol. The van der Waals surface area contributed by atoms with Gasteiger partial charge in [-0.05, 0) is 35.9 Å². The van der Waals surface area contributed by atoms with Crippen LogP contribution in [0.25, 0.3) is 6.08 Å². The summed E-state index contributed by atoms with van der Waals surface area (Å²) in [5, 5.41) is 61.1. The Morgan fingerprint density at radius 2 is 1.72 bits per heavy atom. The highest BCUT2D eigenvalue weighted by molar-refractivity contribution is 6.09. The number of esters is 1. The molecule has 36 heavy (non-hydrogen) atoms. The van der Waals surface area contributed by atoms with E-state index in [1.54, 1.807) is 6.07 Å². The molecule has 1 aliphatic heterocycles. The fourth-order valence-electron chi connectivity index (χ4n) is 3.42. The van der Waals surface area contributed by atoms with E-state index in [0.717, 1.165) is 25.1 Å². The number of ketones is 1. The number of phenolic OH excluding ortho intramolecular Hbond substituents is 3. The maximum Gasteiger partial charge on any atom is 0.302 e. The summed E-state index contributed by atoms with van der Waals surface area (Å²) in [6.45, 7) is 0.654. The van der Waals surface area contributed by atoms with Gasteiger partial charge in [-0.15, -0.1) is 0 Å². The molecule has 5 atom stereocenters. The summed E-state index contributed by atoms with van der Waals surface area (Å²) in [5.41, 5.74) is 0.181. The minimum absolute atomic E-state index is 0.138. The van der Waals surface area contributed by atoms with E-state index in [9.17, 15) is 40.2 Å². The van der Waals surface area contributed by atoms with Gasteiger partial charge in [-0.3, -0.25) is 9.59 Å². The van der Waals surface area contributed by atoms with Crippen molar-refractivity contribution in [2.45, 2.75) is 37.6 Å². The number of hydrogen-bond donors (Lipinski definition) is 6. The van der Waals surface area contributed by atoms with Crippen LogP contribution in [0.4, 0.5) is 0 Å². The predicted octanol–water partition coefficient (Wildman–Crippen LogP) is 0.458. The van der Waals surface area contributed by atoms with E-state index < -0.39 is 66.3 Å². The molecule has 3 rings (SSSR count). The van der Waals surface area contributed by atoms with Crippen LogP contribution in [0.5, 0.6) is 28.7 Å². The van der Waals surface area contributed by atoms with Crippen LogP contribution in [0, 0.1) is 0 Å². The number of benzene rings is 2. The van der Waals surface area contributed by atoms with Crippen molar-refractivity contribution in [1.82, 2.24) is 0 Å². The Labute approximate surface area is 205 Å². The van der Waals surface area contributed by atoms with Crippen molar-refractivity contribution in [3.63, 3.8) is 0 Å². The van der Waals surface area contributed by atoms with E-state index in [2.05, 4.69) is 0 Å². The van der Waals surface area contributed by atoms with Gasteiger partial charge in [0.05, 0.1) is 12.7 Å². The van der Waals surface area contributed by atoms with Crippen LogP contribution in [0.3, 0.4) is 0 Å². The highest BCUT2D eigenvalue weighted by Crippen LogP contribution is 2.41. The van der Waals surface area contributed by atoms with Crippen molar-refractivity contribution >= 4 is 17.8 Å².